The Kier molecular flexibility index (Phi) is 6.86. The maximum absolute atomic E-state index is 12.9. The number of nitrogens with zero attached hydrogens (tertiary/aromatic N) is 2. The van der Waals surface area contributed by atoms with Crippen LogP contribution in [0.25, 0.3) is 10.8 Å². The Morgan fingerprint density at radius 1 is 0.938 bits per heavy atom. The van der Waals surface area contributed by atoms with E-state index in [1.165, 1.54) is 10.8 Å². The molecule has 2 amide bonds. The Morgan fingerprint density at radius 2 is 1.72 bits per heavy atom. The van der Waals surface area contributed by atoms with Crippen LogP contribution in [0.3, 0.4) is 0 Å². The van der Waals surface area contributed by atoms with Gasteiger partial charge in [-0.3, -0.25) is 14.5 Å². The second-order valence-electron chi connectivity index (χ2n) is 8.65. The number of nitrogens with one attached hydrogen (secondary N) is 1. The fourth-order valence-corrected chi connectivity index (χ4v) is 4.49. The van der Waals surface area contributed by atoms with E-state index >= 15 is 0 Å². The van der Waals surface area contributed by atoms with Gasteiger partial charge >= 0.3 is 0 Å². The van der Waals surface area contributed by atoms with Crippen LogP contribution in [-0.4, -0.2) is 54.3 Å². The highest BCUT2D eigenvalue weighted by Crippen LogP contribution is 2.24. The fourth-order valence-electron chi connectivity index (χ4n) is 4.49. The zero-order valence-corrected chi connectivity index (χ0v) is 18.9. The number of aryl methyl sites for hydroxylation is 1. The molecule has 1 heterocycles. The van der Waals surface area contributed by atoms with E-state index in [-0.39, 0.29) is 17.9 Å². The number of hydrogen-bond donors (Lipinski definition) is 1. The van der Waals surface area contributed by atoms with E-state index in [9.17, 15) is 9.59 Å². The Bertz CT molecular complexity index is 1110. The third kappa shape index (κ3) is 5.17. The molecule has 1 fully saturated rings. The topological polar surface area (TPSA) is 52.7 Å². The molecule has 0 bridgehead atoms. The van der Waals surface area contributed by atoms with Gasteiger partial charge in [-0.15, -0.1) is 0 Å². The van der Waals surface area contributed by atoms with Crippen LogP contribution in [0.4, 0.5) is 0 Å². The molecule has 1 N–H and O–H groups in total. The van der Waals surface area contributed by atoms with Crippen molar-refractivity contribution < 1.29 is 9.59 Å². The molecule has 0 unspecified atom stereocenters. The average Bonchev–Trinajstić information content (AvgIpc) is 3.03. The third-order valence-corrected chi connectivity index (χ3v) is 6.18. The lowest BCUT2D eigenvalue weighted by Crippen LogP contribution is -2.40. The summed E-state index contributed by atoms with van der Waals surface area (Å²) in [6.45, 7) is 7.25. The molecule has 0 radical (unpaired) electrons. The molecular weight excluding hydrogens is 398 g/mol. The highest BCUT2D eigenvalue weighted by Gasteiger charge is 2.22. The van der Waals surface area contributed by atoms with Crippen molar-refractivity contribution in [3.05, 3.63) is 83.4 Å². The van der Waals surface area contributed by atoms with Crippen molar-refractivity contribution >= 4 is 22.6 Å². The van der Waals surface area contributed by atoms with Crippen LogP contribution in [0.15, 0.2) is 66.7 Å². The van der Waals surface area contributed by atoms with Crippen molar-refractivity contribution in [1.82, 2.24) is 15.1 Å². The summed E-state index contributed by atoms with van der Waals surface area (Å²) in [5.74, 6) is 0.0912. The minimum absolute atomic E-state index is 0.0175. The van der Waals surface area contributed by atoms with E-state index in [2.05, 4.69) is 34.5 Å². The maximum Gasteiger partial charge on any atom is 0.253 e. The van der Waals surface area contributed by atoms with Crippen LogP contribution in [-0.2, 0) is 4.79 Å². The Labute approximate surface area is 190 Å². The smallest absolute Gasteiger partial charge is 0.253 e. The van der Waals surface area contributed by atoms with Gasteiger partial charge in [0.2, 0.25) is 5.91 Å². The molecule has 3 aromatic rings. The van der Waals surface area contributed by atoms with E-state index in [1.807, 2.05) is 61.2 Å². The predicted molar refractivity (Wildman–Crippen MR) is 129 cm³/mol. The van der Waals surface area contributed by atoms with Crippen LogP contribution >= 0.6 is 0 Å². The quantitative estimate of drug-likeness (QED) is 0.662. The molecule has 5 nitrogen and oxygen atoms in total. The lowest BCUT2D eigenvalue weighted by atomic mass is 10.00. The number of carbonyl (C=O) groups excluding carboxylic acids is 2. The monoisotopic (exact) mass is 429 g/mol. The summed E-state index contributed by atoms with van der Waals surface area (Å²) in [6, 6.07) is 22.1. The van der Waals surface area contributed by atoms with Crippen molar-refractivity contribution in [1.29, 1.82) is 0 Å². The first-order valence-electron chi connectivity index (χ1n) is 11.4. The molecule has 1 aliphatic heterocycles. The highest BCUT2D eigenvalue weighted by molar-refractivity contribution is 5.94. The van der Waals surface area contributed by atoms with Crippen molar-refractivity contribution in [2.24, 2.45) is 0 Å². The van der Waals surface area contributed by atoms with Gasteiger partial charge in [0.05, 0.1) is 12.6 Å². The second-order valence-corrected chi connectivity index (χ2v) is 8.65. The van der Waals surface area contributed by atoms with Crippen molar-refractivity contribution in [2.45, 2.75) is 26.3 Å². The van der Waals surface area contributed by atoms with Gasteiger partial charge in [-0.2, -0.15) is 0 Å². The lowest BCUT2D eigenvalue weighted by molar-refractivity contribution is -0.122. The summed E-state index contributed by atoms with van der Waals surface area (Å²) in [5, 5.41) is 5.51. The largest absolute Gasteiger partial charge is 0.348 e. The van der Waals surface area contributed by atoms with Gasteiger partial charge in [0.1, 0.15) is 0 Å². The maximum atomic E-state index is 12.9. The summed E-state index contributed by atoms with van der Waals surface area (Å²) in [5.41, 5.74) is 2.95. The molecule has 0 spiro atoms. The van der Waals surface area contributed by atoms with Crippen molar-refractivity contribution in [3.63, 3.8) is 0 Å². The Hall–Kier alpha value is -3.18. The Morgan fingerprint density at radius 3 is 2.56 bits per heavy atom. The molecule has 5 heteroatoms. The molecule has 0 saturated carbocycles. The van der Waals surface area contributed by atoms with Crippen LogP contribution in [0.1, 0.15) is 40.9 Å². The number of benzene rings is 3. The third-order valence-electron chi connectivity index (χ3n) is 6.18. The summed E-state index contributed by atoms with van der Waals surface area (Å²) < 4.78 is 0. The zero-order chi connectivity index (χ0) is 22.5. The number of carbonyl (C=O) groups is 2. The number of rotatable bonds is 5. The minimum Gasteiger partial charge on any atom is -0.348 e. The lowest BCUT2D eigenvalue weighted by Gasteiger charge is -2.23. The molecule has 3 aromatic carbocycles. The molecule has 0 aromatic heterocycles. The van der Waals surface area contributed by atoms with E-state index in [4.69, 9.17) is 0 Å². The van der Waals surface area contributed by atoms with Gasteiger partial charge in [-0.1, -0.05) is 60.2 Å². The predicted octanol–water partition coefficient (Wildman–Crippen LogP) is 4.17. The highest BCUT2D eigenvalue weighted by atomic mass is 16.2. The van der Waals surface area contributed by atoms with Crippen LogP contribution < -0.4 is 5.32 Å². The molecular formula is C27H31N3O2. The van der Waals surface area contributed by atoms with Gasteiger partial charge in [0, 0.05) is 31.7 Å². The Balaban J connectivity index is 1.33. The zero-order valence-electron chi connectivity index (χ0n) is 18.9. The van der Waals surface area contributed by atoms with Crippen LogP contribution in [0.2, 0.25) is 0 Å². The number of hydrogen-bond acceptors (Lipinski definition) is 3. The average molecular weight is 430 g/mol. The van der Waals surface area contributed by atoms with Gasteiger partial charge < -0.3 is 10.2 Å². The fraction of sp³-hybridized carbons (Fsp3) is 0.333. The van der Waals surface area contributed by atoms with Gasteiger partial charge in [0.15, 0.2) is 0 Å². The first kappa shape index (κ1) is 22.0. The van der Waals surface area contributed by atoms with E-state index < -0.39 is 0 Å². The summed E-state index contributed by atoms with van der Waals surface area (Å²) in [6.07, 6.45) is 0.865. The number of fused-ring (bicyclic) bond motifs is 1. The summed E-state index contributed by atoms with van der Waals surface area (Å²) >= 11 is 0. The van der Waals surface area contributed by atoms with Crippen LogP contribution in [0, 0.1) is 6.92 Å². The first-order chi connectivity index (χ1) is 15.5. The van der Waals surface area contributed by atoms with Gasteiger partial charge in [-0.25, -0.2) is 0 Å². The second kappa shape index (κ2) is 9.96. The molecule has 0 aliphatic carbocycles. The van der Waals surface area contributed by atoms with E-state index in [0.717, 1.165) is 36.2 Å². The van der Waals surface area contributed by atoms with Crippen LogP contribution in [0.5, 0.6) is 0 Å². The molecule has 4 rings (SSSR count). The molecule has 1 aliphatic rings. The summed E-state index contributed by atoms with van der Waals surface area (Å²) in [4.78, 5) is 29.7. The SMILES string of the molecule is Cc1cccc(C(=O)N2CCCN(CC(=O)N[C@@H](C)c3cccc4ccccc34)CC2)c1. The van der Waals surface area contributed by atoms with Crippen molar-refractivity contribution in [3.8, 4) is 0 Å². The van der Waals surface area contributed by atoms with Crippen molar-refractivity contribution in [2.75, 3.05) is 32.7 Å². The van der Waals surface area contributed by atoms with E-state index in [0.29, 0.717) is 19.6 Å². The minimum atomic E-state index is -0.0695. The standard InChI is InChI=1S/C27H31N3O2/c1-20-8-5-11-23(18-20)27(32)30-15-7-14-29(16-17-30)19-26(31)28-21(2)24-13-6-10-22-9-3-4-12-25(22)24/h3-6,8-13,18,21H,7,14-17,19H2,1-2H3,(H,28,31)/t21-/m0/s1. The van der Waals surface area contributed by atoms with Gasteiger partial charge in [-0.05, 0) is 48.7 Å². The molecule has 1 saturated heterocycles. The first-order valence-corrected chi connectivity index (χ1v) is 11.4. The molecule has 32 heavy (non-hydrogen) atoms. The van der Waals surface area contributed by atoms with Gasteiger partial charge in [0.25, 0.3) is 5.91 Å². The normalized spacial score (nSPS) is 15.9. The molecule has 166 valence electrons. The molecule has 1 atom stereocenters. The summed E-state index contributed by atoms with van der Waals surface area (Å²) in [7, 11) is 0. The van der Waals surface area contributed by atoms with E-state index in [1.54, 1.807) is 0 Å². The number of amides is 2.